The third kappa shape index (κ3) is 5.78. The first-order valence-electron chi connectivity index (χ1n) is 20.1. The molecular formula is C56H37N3. The molecule has 1 heterocycles. The van der Waals surface area contributed by atoms with E-state index < -0.39 is 5.41 Å². The first-order chi connectivity index (χ1) is 29.3. The van der Waals surface area contributed by atoms with Crippen LogP contribution in [0.15, 0.2) is 224 Å². The van der Waals surface area contributed by atoms with Gasteiger partial charge in [0.1, 0.15) is 0 Å². The second-order valence-electron chi connectivity index (χ2n) is 15.1. The van der Waals surface area contributed by atoms with Crippen LogP contribution in [0.3, 0.4) is 0 Å². The van der Waals surface area contributed by atoms with E-state index in [2.05, 4.69) is 164 Å². The van der Waals surface area contributed by atoms with Gasteiger partial charge in [0.25, 0.3) is 0 Å². The Labute approximate surface area is 344 Å². The van der Waals surface area contributed by atoms with E-state index in [1.807, 2.05) is 60.7 Å². The maximum Gasteiger partial charge on any atom is 0.164 e. The van der Waals surface area contributed by atoms with Crippen molar-refractivity contribution >= 4 is 10.8 Å². The Kier molecular flexibility index (Phi) is 8.37. The molecule has 59 heavy (non-hydrogen) atoms. The molecular weight excluding hydrogens is 715 g/mol. The van der Waals surface area contributed by atoms with Crippen molar-refractivity contribution in [3.05, 3.63) is 247 Å². The molecule has 0 N–H and O–H groups in total. The minimum atomic E-state index is -0.437. The summed E-state index contributed by atoms with van der Waals surface area (Å²) in [5, 5.41) is 2.24. The van der Waals surface area contributed by atoms with Gasteiger partial charge in [0.05, 0.1) is 5.41 Å². The lowest BCUT2D eigenvalue weighted by atomic mass is 9.67. The Morgan fingerprint density at radius 1 is 0.254 bits per heavy atom. The lowest BCUT2D eigenvalue weighted by molar-refractivity contribution is 0.769. The molecule has 0 spiro atoms. The first-order valence-corrected chi connectivity index (χ1v) is 20.1. The van der Waals surface area contributed by atoms with E-state index in [1.54, 1.807) is 0 Å². The quantitative estimate of drug-likeness (QED) is 0.163. The third-order valence-electron chi connectivity index (χ3n) is 11.9. The van der Waals surface area contributed by atoms with E-state index in [0.717, 1.165) is 38.6 Å². The minimum Gasteiger partial charge on any atom is -0.208 e. The number of aromatic nitrogens is 3. The van der Waals surface area contributed by atoms with Crippen LogP contribution >= 0.6 is 0 Å². The maximum atomic E-state index is 5.06. The molecule has 10 aromatic rings. The molecule has 0 saturated carbocycles. The fraction of sp³-hybridized carbons (Fsp3) is 0.0179. The molecule has 276 valence electrons. The maximum absolute atomic E-state index is 5.06. The normalized spacial score (nSPS) is 12.5. The Morgan fingerprint density at radius 2 is 0.678 bits per heavy atom. The molecule has 0 saturated heterocycles. The van der Waals surface area contributed by atoms with Gasteiger partial charge in [-0.3, -0.25) is 0 Å². The van der Waals surface area contributed by atoms with Crippen LogP contribution in [0, 0.1) is 0 Å². The summed E-state index contributed by atoms with van der Waals surface area (Å²) in [6.45, 7) is 0. The molecule has 3 nitrogen and oxygen atoms in total. The molecule has 1 aliphatic rings. The zero-order valence-corrected chi connectivity index (χ0v) is 32.2. The van der Waals surface area contributed by atoms with Crippen molar-refractivity contribution in [2.45, 2.75) is 5.41 Å². The number of hydrogen-bond acceptors (Lipinski definition) is 3. The van der Waals surface area contributed by atoms with Gasteiger partial charge in [-0.2, -0.15) is 0 Å². The van der Waals surface area contributed by atoms with Crippen molar-refractivity contribution in [1.82, 2.24) is 15.0 Å². The van der Waals surface area contributed by atoms with Crippen molar-refractivity contribution in [3.63, 3.8) is 0 Å². The molecule has 0 aliphatic heterocycles. The van der Waals surface area contributed by atoms with Gasteiger partial charge in [0.15, 0.2) is 17.5 Å². The average molecular weight is 752 g/mol. The molecule has 9 aromatic carbocycles. The summed E-state index contributed by atoms with van der Waals surface area (Å²) in [4.78, 5) is 15.0. The van der Waals surface area contributed by atoms with E-state index in [9.17, 15) is 0 Å². The smallest absolute Gasteiger partial charge is 0.164 e. The van der Waals surface area contributed by atoms with Crippen LogP contribution in [-0.2, 0) is 5.41 Å². The molecule has 0 amide bonds. The van der Waals surface area contributed by atoms with Crippen LogP contribution in [0.1, 0.15) is 22.3 Å². The second-order valence-corrected chi connectivity index (χ2v) is 15.1. The molecule has 3 heteroatoms. The summed E-state index contributed by atoms with van der Waals surface area (Å²) < 4.78 is 0. The molecule has 0 bridgehead atoms. The lowest BCUT2D eigenvalue weighted by Gasteiger charge is -2.34. The largest absolute Gasteiger partial charge is 0.208 e. The molecule has 1 aromatic heterocycles. The van der Waals surface area contributed by atoms with Crippen LogP contribution in [0.2, 0.25) is 0 Å². The highest BCUT2D eigenvalue weighted by molar-refractivity contribution is 6.04. The molecule has 11 rings (SSSR count). The fourth-order valence-corrected chi connectivity index (χ4v) is 9.14. The Morgan fingerprint density at radius 3 is 1.29 bits per heavy atom. The van der Waals surface area contributed by atoms with Gasteiger partial charge in [-0.15, -0.1) is 0 Å². The van der Waals surface area contributed by atoms with Crippen molar-refractivity contribution < 1.29 is 0 Å². The van der Waals surface area contributed by atoms with Gasteiger partial charge in [-0.05, 0) is 78.5 Å². The predicted molar refractivity (Wildman–Crippen MR) is 242 cm³/mol. The number of fused-ring (bicyclic) bond motifs is 4. The monoisotopic (exact) mass is 751 g/mol. The first kappa shape index (κ1) is 34.5. The Bertz CT molecular complexity index is 3030. The van der Waals surface area contributed by atoms with Crippen LogP contribution in [0.4, 0.5) is 0 Å². The van der Waals surface area contributed by atoms with E-state index in [1.165, 1.54) is 44.5 Å². The SMILES string of the molecule is c1ccc(-c2nc(-c3ccccc3)nc(-c3ccc(-c4ccc(-c5ccc6c(c5)C(c5ccccc5)(c5ccccc5)c5ccccc5-6)cc4)c4ccccc34)n2)cc1. The van der Waals surface area contributed by atoms with Gasteiger partial charge in [-0.25, -0.2) is 15.0 Å². The number of nitrogens with zero attached hydrogens (tertiary/aromatic N) is 3. The van der Waals surface area contributed by atoms with Gasteiger partial charge in [0, 0.05) is 16.7 Å². The Balaban J connectivity index is 1.01. The van der Waals surface area contributed by atoms with Crippen LogP contribution in [-0.4, -0.2) is 15.0 Å². The Hall–Kier alpha value is -7.75. The van der Waals surface area contributed by atoms with Gasteiger partial charge < -0.3 is 0 Å². The molecule has 0 radical (unpaired) electrons. The summed E-state index contributed by atoms with van der Waals surface area (Å²) in [7, 11) is 0. The van der Waals surface area contributed by atoms with Crippen molar-refractivity contribution in [2.75, 3.05) is 0 Å². The molecule has 0 unspecified atom stereocenters. The summed E-state index contributed by atoms with van der Waals surface area (Å²) >= 11 is 0. The van der Waals surface area contributed by atoms with E-state index >= 15 is 0 Å². The third-order valence-corrected chi connectivity index (χ3v) is 11.9. The summed E-state index contributed by atoms with van der Waals surface area (Å²) in [5.74, 6) is 1.95. The van der Waals surface area contributed by atoms with Gasteiger partial charge in [-0.1, -0.05) is 212 Å². The van der Waals surface area contributed by atoms with Crippen molar-refractivity contribution in [1.29, 1.82) is 0 Å². The fourth-order valence-electron chi connectivity index (χ4n) is 9.14. The summed E-state index contributed by atoms with van der Waals surface area (Å²) in [5.41, 5.74) is 14.9. The number of rotatable bonds is 7. The highest BCUT2D eigenvalue weighted by Crippen LogP contribution is 2.56. The van der Waals surface area contributed by atoms with Gasteiger partial charge in [0.2, 0.25) is 0 Å². The summed E-state index contributed by atoms with van der Waals surface area (Å²) in [6.07, 6.45) is 0. The predicted octanol–water partition coefficient (Wildman–Crippen LogP) is 13.7. The molecule has 0 fully saturated rings. The second kappa shape index (κ2) is 14.3. The average Bonchev–Trinajstić information content (AvgIpc) is 3.62. The van der Waals surface area contributed by atoms with Crippen LogP contribution in [0.25, 0.3) is 78.3 Å². The van der Waals surface area contributed by atoms with E-state index in [-0.39, 0.29) is 0 Å². The standard InChI is InChI=1S/C56H37N3/c1-5-17-40(18-6-1)53-57-54(41-19-7-2-8-20-41)59-55(58-53)50-36-35-45(46-25-13-14-26-47(46)50)39-31-29-38(30-32-39)42-33-34-49-48-27-15-16-28-51(48)56(52(49)37-42,43-21-9-3-10-22-43)44-23-11-4-12-24-44/h1-37H. The highest BCUT2D eigenvalue weighted by atomic mass is 15.0. The van der Waals surface area contributed by atoms with Gasteiger partial charge >= 0.3 is 0 Å². The van der Waals surface area contributed by atoms with Crippen LogP contribution < -0.4 is 0 Å². The molecule has 1 aliphatic carbocycles. The van der Waals surface area contributed by atoms with E-state index in [4.69, 9.17) is 15.0 Å². The number of benzene rings is 9. The summed E-state index contributed by atoms with van der Waals surface area (Å²) in [6, 6.07) is 80.2. The lowest BCUT2D eigenvalue weighted by Crippen LogP contribution is -2.28. The van der Waals surface area contributed by atoms with Crippen molar-refractivity contribution in [2.24, 2.45) is 0 Å². The topological polar surface area (TPSA) is 38.7 Å². The zero-order chi connectivity index (χ0) is 39.2. The number of hydrogen-bond donors (Lipinski definition) is 0. The van der Waals surface area contributed by atoms with E-state index in [0.29, 0.717) is 17.5 Å². The van der Waals surface area contributed by atoms with Crippen LogP contribution in [0.5, 0.6) is 0 Å². The zero-order valence-electron chi connectivity index (χ0n) is 32.2. The molecule has 0 atom stereocenters. The minimum absolute atomic E-state index is 0.437. The highest BCUT2D eigenvalue weighted by Gasteiger charge is 2.46. The van der Waals surface area contributed by atoms with Crippen molar-refractivity contribution in [3.8, 4) is 67.5 Å².